The Morgan fingerprint density at radius 1 is 1.20 bits per heavy atom. The monoisotopic (exact) mass is 371 g/mol. The molecule has 0 aliphatic rings. The van der Waals surface area contributed by atoms with Crippen LogP contribution in [0.2, 0.25) is 5.02 Å². The van der Waals surface area contributed by atoms with E-state index in [1.807, 2.05) is 0 Å². The minimum absolute atomic E-state index is 0.0466. The van der Waals surface area contributed by atoms with Crippen LogP contribution in [0.3, 0.4) is 0 Å². The van der Waals surface area contributed by atoms with Gasteiger partial charge in [-0.1, -0.05) is 17.7 Å². The number of amides is 1. The number of rotatable bonds is 8. The lowest BCUT2D eigenvalue weighted by Gasteiger charge is -2.14. The van der Waals surface area contributed by atoms with Crippen molar-refractivity contribution >= 4 is 17.5 Å². The molecule has 8 heteroatoms. The Hall–Kier alpha value is -2.54. The van der Waals surface area contributed by atoms with Crippen LogP contribution in [0, 0.1) is 0 Å². The van der Waals surface area contributed by atoms with Gasteiger partial charge in [-0.15, -0.1) is 0 Å². The van der Waals surface area contributed by atoms with Crippen molar-refractivity contribution in [2.45, 2.75) is 6.61 Å². The zero-order chi connectivity index (χ0) is 18.2. The van der Waals surface area contributed by atoms with Crippen molar-refractivity contribution in [3.8, 4) is 17.2 Å². The number of para-hydroxylation sites is 1. The topological polar surface area (TPSA) is 56.8 Å². The first-order chi connectivity index (χ1) is 12.0. The molecule has 0 atom stereocenters. The van der Waals surface area contributed by atoms with Gasteiger partial charge in [0.25, 0.3) is 5.91 Å². The molecule has 134 valence electrons. The molecule has 2 rings (SSSR count). The number of benzene rings is 2. The number of halogens is 3. The number of hydrogen-bond donors (Lipinski definition) is 1. The SMILES string of the molecule is COc1cccc(C(=O)NCCOc2ccc(Cl)cc2)c1OC(F)F. The summed E-state index contributed by atoms with van der Waals surface area (Å²) < 4.78 is 39.9. The van der Waals surface area contributed by atoms with Crippen LogP contribution in [0.5, 0.6) is 17.2 Å². The van der Waals surface area contributed by atoms with Crippen LogP contribution < -0.4 is 19.5 Å². The van der Waals surface area contributed by atoms with Gasteiger partial charge in [-0.3, -0.25) is 4.79 Å². The van der Waals surface area contributed by atoms with Crippen LogP contribution >= 0.6 is 11.6 Å². The first kappa shape index (κ1) is 18.8. The number of carbonyl (C=O) groups excluding carboxylic acids is 1. The highest BCUT2D eigenvalue weighted by Gasteiger charge is 2.19. The van der Waals surface area contributed by atoms with E-state index in [9.17, 15) is 13.6 Å². The van der Waals surface area contributed by atoms with Gasteiger partial charge >= 0.3 is 6.61 Å². The first-order valence-corrected chi connectivity index (χ1v) is 7.67. The highest BCUT2D eigenvalue weighted by molar-refractivity contribution is 6.30. The fourth-order valence-corrected chi connectivity index (χ4v) is 2.15. The molecular formula is C17H16ClF2NO4. The third kappa shape index (κ3) is 5.49. The maximum Gasteiger partial charge on any atom is 0.387 e. The first-order valence-electron chi connectivity index (χ1n) is 7.29. The van der Waals surface area contributed by atoms with Crippen molar-refractivity contribution < 1.29 is 27.8 Å². The minimum atomic E-state index is -3.07. The van der Waals surface area contributed by atoms with Gasteiger partial charge in [-0.25, -0.2) is 0 Å². The summed E-state index contributed by atoms with van der Waals surface area (Å²) in [7, 11) is 1.30. The maximum atomic E-state index is 12.6. The Balaban J connectivity index is 1.95. The van der Waals surface area contributed by atoms with Gasteiger partial charge in [0.1, 0.15) is 12.4 Å². The number of carbonyl (C=O) groups is 1. The molecule has 25 heavy (non-hydrogen) atoms. The molecule has 0 fully saturated rings. The van der Waals surface area contributed by atoms with E-state index in [4.69, 9.17) is 21.1 Å². The number of hydrogen-bond acceptors (Lipinski definition) is 4. The van der Waals surface area contributed by atoms with Crippen LogP contribution in [-0.4, -0.2) is 32.8 Å². The molecule has 0 saturated carbocycles. The molecule has 0 bridgehead atoms. The second-order valence-electron chi connectivity index (χ2n) is 4.77. The molecular weight excluding hydrogens is 356 g/mol. The molecule has 1 N–H and O–H groups in total. The average Bonchev–Trinajstić information content (AvgIpc) is 2.59. The summed E-state index contributed by atoms with van der Waals surface area (Å²) in [4.78, 5) is 12.2. The van der Waals surface area contributed by atoms with Crippen LogP contribution in [-0.2, 0) is 0 Å². The van der Waals surface area contributed by atoms with Gasteiger partial charge < -0.3 is 19.5 Å². The fraction of sp³-hybridized carbons (Fsp3) is 0.235. The lowest BCUT2D eigenvalue weighted by atomic mass is 10.1. The summed E-state index contributed by atoms with van der Waals surface area (Å²) in [5.41, 5.74) is -0.0499. The van der Waals surface area contributed by atoms with Crippen LogP contribution in [0.15, 0.2) is 42.5 Å². The highest BCUT2D eigenvalue weighted by atomic mass is 35.5. The lowest BCUT2D eigenvalue weighted by Crippen LogP contribution is -2.28. The summed E-state index contributed by atoms with van der Waals surface area (Å²) in [6, 6.07) is 11.1. The molecule has 0 aliphatic carbocycles. The van der Waals surface area contributed by atoms with Crippen molar-refractivity contribution in [1.29, 1.82) is 0 Å². The Labute approximate surface area is 148 Å². The highest BCUT2D eigenvalue weighted by Crippen LogP contribution is 2.32. The number of nitrogens with one attached hydrogen (secondary N) is 1. The second-order valence-corrected chi connectivity index (χ2v) is 5.21. The summed E-state index contributed by atoms with van der Waals surface area (Å²) >= 11 is 5.77. The van der Waals surface area contributed by atoms with E-state index in [1.165, 1.54) is 25.3 Å². The third-order valence-electron chi connectivity index (χ3n) is 3.12. The molecule has 0 aliphatic heterocycles. The van der Waals surface area contributed by atoms with Crippen molar-refractivity contribution in [3.63, 3.8) is 0 Å². The fourth-order valence-electron chi connectivity index (χ4n) is 2.03. The molecule has 2 aromatic carbocycles. The Bertz CT molecular complexity index is 710. The van der Waals surface area contributed by atoms with Crippen molar-refractivity contribution in [2.75, 3.05) is 20.3 Å². The molecule has 1 amide bonds. The van der Waals surface area contributed by atoms with E-state index < -0.39 is 12.5 Å². The minimum Gasteiger partial charge on any atom is -0.493 e. The van der Waals surface area contributed by atoms with Gasteiger partial charge in [0.05, 0.1) is 19.2 Å². The van der Waals surface area contributed by atoms with Crippen molar-refractivity contribution in [1.82, 2.24) is 5.32 Å². The van der Waals surface area contributed by atoms with Gasteiger partial charge in [-0.2, -0.15) is 8.78 Å². The molecule has 5 nitrogen and oxygen atoms in total. The van der Waals surface area contributed by atoms with Crippen molar-refractivity contribution in [3.05, 3.63) is 53.1 Å². The number of ether oxygens (including phenoxy) is 3. The quantitative estimate of drug-likeness (QED) is 0.718. The average molecular weight is 372 g/mol. The van der Waals surface area contributed by atoms with Gasteiger partial charge in [0.15, 0.2) is 11.5 Å². The van der Waals surface area contributed by atoms with E-state index in [-0.39, 0.29) is 30.2 Å². The maximum absolute atomic E-state index is 12.6. The van der Waals surface area contributed by atoms with Crippen molar-refractivity contribution in [2.24, 2.45) is 0 Å². The Morgan fingerprint density at radius 2 is 1.92 bits per heavy atom. The van der Waals surface area contributed by atoms with Gasteiger partial charge in [0.2, 0.25) is 0 Å². The lowest BCUT2D eigenvalue weighted by molar-refractivity contribution is -0.0515. The molecule has 0 aromatic heterocycles. The largest absolute Gasteiger partial charge is 0.493 e. The zero-order valence-electron chi connectivity index (χ0n) is 13.3. The smallest absolute Gasteiger partial charge is 0.387 e. The van der Waals surface area contributed by atoms with Crippen LogP contribution in [0.1, 0.15) is 10.4 Å². The molecule has 0 unspecified atom stereocenters. The van der Waals surface area contributed by atoms with E-state index >= 15 is 0 Å². The van der Waals surface area contributed by atoms with Crippen LogP contribution in [0.4, 0.5) is 8.78 Å². The summed E-state index contributed by atoms with van der Waals surface area (Å²) in [6.45, 7) is -2.70. The van der Waals surface area contributed by atoms with E-state index in [1.54, 1.807) is 24.3 Å². The van der Waals surface area contributed by atoms with Gasteiger partial charge in [-0.05, 0) is 36.4 Å². The molecule has 0 saturated heterocycles. The van der Waals surface area contributed by atoms with Crippen LogP contribution in [0.25, 0.3) is 0 Å². The zero-order valence-corrected chi connectivity index (χ0v) is 14.1. The van der Waals surface area contributed by atoms with E-state index in [0.29, 0.717) is 10.8 Å². The molecule has 0 spiro atoms. The number of alkyl halides is 2. The van der Waals surface area contributed by atoms with E-state index in [2.05, 4.69) is 10.1 Å². The summed E-state index contributed by atoms with van der Waals surface area (Å²) in [5, 5.41) is 3.16. The summed E-state index contributed by atoms with van der Waals surface area (Å²) in [5.74, 6) is -0.238. The molecule has 2 aromatic rings. The number of methoxy groups -OCH3 is 1. The Kier molecular flexibility index (Phi) is 6.82. The molecule has 0 heterocycles. The predicted octanol–water partition coefficient (Wildman–Crippen LogP) is 3.76. The normalized spacial score (nSPS) is 10.4. The Morgan fingerprint density at radius 3 is 2.56 bits per heavy atom. The second kappa shape index (κ2) is 9.08. The predicted molar refractivity (Wildman–Crippen MR) is 88.9 cm³/mol. The van der Waals surface area contributed by atoms with E-state index in [0.717, 1.165) is 0 Å². The molecule has 0 radical (unpaired) electrons. The summed E-state index contributed by atoms with van der Waals surface area (Å²) in [6.07, 6.45) is 0. The van der Waals surface area contributed by atoms with Gasteiger partial charge in [0, 0.05) is 5.02 Å². The standard InChI is InChI=1S/C17H16ClF2NO4/c1-23-14-4-2-3-13(15(14)25-17(19)20)16(22)21-9-10-24-12-7-5-11(18)6-8-12/h2-8,17H,9-10H2,1H3,(H,21,22). The third-order valence-corrected chi connectivity index (χ3v) is 3.37.